The lowest BCUT2D eigenvalue weighted by Gasteiger charge is -2.25. The summed E-state index contributed by atoms with van der Waals surface area (Å²) in [5.74, 6) is 0.175. The average molecular weight is 296 g/mol. The molecule has 0 aliphatic heterocycles. The van der Waals surface area contributed by atoms with Crippen LogP contribution in [0.2, 0.25) is 0 Å². The zero-order valence-electron chi connectivity index (χ0n) is 12.6. The SMILES string of the molecule is C[C@H]1CCCc2ccccc2[C@H]1NC(=O)c1cc[nH]c(=O)c1. The summed E-state index contributed by atoms with van der Waals surface area (Å²) in [5, 5.41) is 3.12. The number of carbonyl (C=O) groups is 1. The Hall–Kier alpha value is -2.36. The lowest BCUT2D eigenvalue weighted by Crippen LogP contribution is -2.33. The van der Waals surface area contributed by atoms with Crippen LogP contribution in [0, 0.1) is 5.92 Å². The van der Waals surface area contributed by atoms with Crippen LogP contribution in [0.5, 0.6) is 0 Å². The summed E-state index contributed by atoms with van der Waals surface area (Å²) in [6, 6.07) is 11.3. The summed E-state index contributed by atoms with van der Waals surface area (Å²) in [4.78, 5) is 26.4. The van der Waals surface area contributed by atoms with Gasteiger partial charge in [-0.05, 0) is 42.4 Å². The van der Waals surface area contributed by atoms with Crippen molar-refractivity contribution in [1.29, 1.82) is 0 Å². The van der Waals surface area contributed by atoms with E-state index in [0.29, 0.717) is 11.5 Å². The van der Waals surface area contributed by atoms with E-state index in [1.165, 1.54) is 23.4 Å². The molecule has 0 bridgehead atoms. The molecule has 0 spiro atoms. The van der Waals surface area contributed by atoms with Crippen molar-refractivity contribution in [2.45, 2.75) is 32.2 Å². The lowest BCUT2D eigenvalue weighted by atomic mass is 9.92. The molecule has 0 unspecified atom stereocenters. The number of rotatable bonds is 2. The van der Waals surface area contributed by atoms with E-state index in [-0.39, 0.29) is 17.5 Å². The van der Waals surface area contributed by atoms with Crippen molar-refractivity contribution in [3.05, 3.63) is 69.6 Å². The molecular formula is C18H20N2O2. The van der Waals surface area contributed by atoms with Gasteiger partial charge in [0.25, 0.3) is 5.91 Å². The van der Waals surface area contributed by atoms with E-state index in [2.05, 4.69) is 29.4 Å². The molecule has 3 rings (SSSR count). The number of hydrogen-bond donors (Lipinski definition) is 2. The Bertz CT molecular complexity index is 736. The molecule has 1 aromatic carbocycles. The fraction of sp³-hybridized carbons (Fsp3) is 0.333. The second-order valence-electron chi connectivity index (χ2n) is 5.96. The first-order chi connectivity index (χ1) is 10.6. The van der Waals surface area contributed by atoms with Crippen LogP contribution in [0.15, 0.2) is 47.4 Å². The molecule has 2 N–H and O–H groups in total. The molecular weight excluding hydrogens is 276 g/mol. The number of fused-ring (bicyclic) bond motifs is 1. The Morgan fingerprint density at radius 2 is 2.09 bits per heavy atom. The lowest BCUT2D eigenvalue weighted by molar-refractivity contribution is 0.0922. The van der Waals surface area contributed by atoms with Crippen LogP contribution in [0.1, 0.15) is 47.3 Å². The number of benzene rings is 1. The predicted octanol–water partition coefficient (Wildman–Crippen LogP) is 2.82. The number of nitrogens with one attached hydrogen (secondary N) is 2. The van der Waals surface area contributed by atoms with Crippen molar-refractivity contribution in [2.75, 3.05) is 0 Å². The number of aromatic nitrogens is 1. The first-order valence-corrected chi connectivity index (χ1v) is 7.72. The highest BCUT2D eigenvalue weighted by atomic mass is 16.2. The molecule has 0 saturated carbocycles. The minimum absolute atomic E-state index is 0.00881. The van der Waals surface area contributed by atoms with Crippen molar-refractivity contribution >= 4 is 5.91 Å². The molecule has 0 radical (unpaired) electrons. The van der Waals surface area contributed by atoms with E-state index in [4.69, 9.17) is 0 Å². The first-order valence-electron chi connectivity index (χ1n) is 7.72. The Morgan fingerprint density at radius 3 is 2.91 bits per heavy atom. The van der Waals surface area contributed by atoms with E-state index in [0.717, 1.165) is 19.3 Å². The van der Waals surface area contributed by atoms with Gasteiger partial charge in [0, 0.05) is 17.8 Å². The predicted molar refractivity (Wildman–Crippen MR) is 85.8 cm³/mol. The summed E-state index contributed by atoms with van der Waals surface area (Å²) in [5.41, 5.74) is 2.65. The van der Waals surface area contributed by atoms with Crippen LogP contribution in [0.4, 0.5) is 0 Å². The number of hydrogen-bond acceptors (Lipinski definition) is 2. The van der Waals surface area contributed by atoms with E-state index in [1.54, 1.807) is 6.07 Å². The number of aromatic amines is 1. The standard InChI is InChI=1S/C18H20N2O2/c1-12-5-4-7-13-6-2-3-8-15(13)17(12)20-18(22)14-9-10-19-16(21)11-14/h2-3,6,8-12,17H,4-5,7H2,1H3,(H,19,21)(H,20,22)/t12-,17-/m0/s1. The summed E-state index contributed by atoms with van der Waals surface area (Å²) in [6.45, 7) is 2.17. The highest BCUT2D eigenvalue weighted by molar-refractivity contribution is 5.94. The molecule has 4 nitrogen and oxygen atoms in total. The highest BCUT2D eigenvalue weighted by Gasteiger charge is 2.26. The fourth-order valence-corrected chi connectivity index (χ4v) is 3.18. The zero-order valence-corrected chi connectivity index (χ0v) is 12.6. The first kappa shape index (κ1) is 14.6. The van der Waals surface area contributed by atoms with Crippen molar-refractivity contribution < 1.29 is 4.79 Å². The Balaban J connectivity index is 1.90. The van der Waals surface area contributed by atoms with Gasteiger partial charge in [0.1, 0.15) is 0 Å². The van der Waals surface area contributed by atoms with E-state index >= 15 is 0 Å². The maximum Gasteiger partial charge on any atom is 0.252 e. The molecule has 2 aromatic rings. The van der Waals surface area contributed by atoms with Crippen LogP contribution >= 0.6 is 0 Å². The van der Waals surface area contributed by atoms with E-state index in [9.17, 15) is 9.59 Å². The topological polar surface area (TPSA) is 62.0 Å². The Morgan fingerprint density at radius 1 is 1.27 bits per heavy atom. The molecule has 0 fully saturated rings. The smallest absolute Gasteiger partial charge is 0.252 e. The third-order valence-corrected chi connectivity index (χ3v) is 4.39. The number of carbonyl (C=O) groups excluding carboxylic acids is 1. The van der Waals surface area contributed by atoms with Gasteiger partial charge in [-0.25, -0.2) is 0 Å². The van der Waals surface area contributed by atoms with Gasteiger partial charge in [0.15, 0.2) is 0 Å². The van der Waals surface area contributed by atoms with Crippen molar-refractivity contribution in [2.24, 2.45) is 5.92 Å². The van der Waals surface area contributed by atoms with Gasteiger partial charge in [0.05, 0.1) is 6.04 Å². The van der Waals surface area contributed by atoms with Crippen LogP contribution in [0.25, 0.3) is 0 Å². The van der Waals surface area contributed by atoms with Crippen molar-refractivity contribution in [1.82, 2.24) is 10.3 Å². The maximum atomic E-state index is 12.5. The summed E-state index contributed by atoms with van der Waals surface area (Å²) >= 11 is 0. The maximum absolute atomic E-state index is 12.5. The monoisotopic (exact) mass is 296 g/mol. The van der Waals surface area contributed by atoms with Gasteiger partial charge in [-0.2, -0.15) is 0 Å². The van der Waals surface area contributed by atoms with Crippen molar-refractivity contribution in [3.63, 3.8) is 0 Å². The molecule has 1 amide bonds. The number of aryl methyl sites for hydroxylation is 1. The van der Waals surface area contributed by atoms with Gasteiger partial charge in [-0.3, -0.25) is 9.59 Å². The molecule has 4 heteroatoms. The molecule has 1 aromatic heterocycles. The zero-order chi connectivity index (χ0) is 15.5. The third kappa shape index (κ3) is 2.96. The quantitative estimate of drug-likeness (QED) is 0.837. The van der Waals surface area contributed by atoms with Crippen LogP contribution in [0.3, 0.4) is 0 Å². The van der Waals surface area contributed by atoms with Crippen LogP contribution < -0.4 is 10.9 Å². The molecule has 0 saturated heterocycles. The largest absolute Gasteiger partial charge is 0.345 e. The molecule has 22 heavy (non-hydrogen) atoms. The van der Waals surface area contributed by atoms with Crippen molar-refractivity contribution in [3.8, 4) is 0 Å². The third-order valence-electron chi connectivity index (χ3n) is 4.39. The molecule has 2 atom stereocenters. The second kappa shape index (κ2) is 6.18. The normalized spacial score (nSPS) is 20.8. The number of pyridine rings is 1. The van der Waals surface area contributed by atoms with Gasteiger partial charge >= 0.3 is 0 Å². The molecule has 114 valence electrons. The summed E-state index contributed by atoms with van der Waals surface area (Å²) in [6.07, 6.45) is 4.77. The van der Waals surface area contributed by atoms with Gasteiger partial charge in [0.2, 0.25) is 5.56 Å². The summed E-state index contributed by atoms with van der Waals surface area (Å²) < 4.78 is 0. The van der Waals surface area contributed by atoms with Crippen LogP contribution in [-0.2, 0) is 6.42 Å². The Labute approximate surface area is 129 Å². The van der Waals surface area contributed by atoms with Crippen LogP contribution in [-0.4, -0.2) is 10.9 Å². The van der Waals surface area contributed by atoms with E-state index in [1.807, 2.05) is 12.1 Å². The average Bonchev–Trinajstić information content (AvgIpc) is 2.67. The van der Waals surface area contributed by atoms with Gasteiger partial charge in [-0.1, -0.05) is 31.2 Å². The molecule has 1 aliphatic carbocycles. The number of amides is 1. The molecule has 1 heterocycles. The van der Waals surface area contributed by atoms with E-state index < -0.39 is 0 Å². The van der Waals surface area contributed by atoms with Gasteiger partial charge in [-0.15, -0.1) is 0 Å². The highest BCUT2D eigenvalue weighted by Crippen LogP contribution is 2.33. The summed E-state index contributed by atoms with van der Waals surface area (Å²) in [7, 11) is 0. The number of H-pyrrole nitrogens is 1. The minimum Gasteiger partial charge on any atom is -0.345 e. The molecule has 1 aliphatic rings. The second-order valence-corrected chi connectivity index (χ2v) is 5.96. The fourth-order valence-electron chi connectivity index (χ4n) is 3.18. The Kier molecular flexibility index (Phi) is 4.09. The van der Waals surface area contributed by atoms with Gasteiger partial charge < -0.3 is 10.3 Å². The minimum atomic E-state index is -0.262.